The van der Waals surface area contributed by atoms with Crippen molar-refractivity contribution in [3.05, 3.63) is 30.1 Å². The van der Waals surface area contributed by atoms with Gasteiger partial charge >= 0.3 is 6.09 Å². The third kappa shape index (κ3) is 3.38. The molecule has 0 radical (unpaired) electrons. The number of benzene rings is 1. The second-order valence-corrected chi connectivity index (χ2v) is 6.49. The lowest BCUT2D eigenvalue weighted by Gasteiger charge is -2.17. The highest BCUT2D eigenvalue weighted by Crippen LogP contribution is 2.21. The third-order valence-electron chi connectivity index (χ3n) is 4.45. The summed E-state index contributed by atoms with van der Waals surface area (Å²) in [6.45, 7) is 8.75. The number of carbonyl (C=O) groups is 1. The number of nitrogens with one attached hydrogen (secondary N) is 1. The number of para-hydroxylation sites is 2. The maximum atomic E-state index is 11.8. The van der Waals surface area contributed by atoms with Gasteiger partial charge in [-0.25, -0.2) is 9.78 Å². The molecule has 1 aromatic carbocycles. The average molecular weight is 330 g/mol. The van der Waals surface area contributed by atoms with Gasteiger partial charge in [-0.05, 0) is 39.3 Å². The third-order valence-corrected chi connectivity index (χ3v) is 4.45. The number of aromatic nitrogens is 2. The maximum absolute atomic E-state index is 11.8. The molecule has 2 aromatic rings. The molecule has 3 rings (SSSR count). The van der Waals surface area contributed by atoms with Gasteiger partial charge in [0.2, 0.25) is 0 Å². The second kappa shape index (κ2) is 7.21. The van der Waals surface area contributed by atoms with Crippen LogP contribution in [0.5, 0.6) is 0 Å². The van der Waals surface area contributed by atoms with Crippen molar-refractivity contribution in [1.29, 1.82) is 0 Å². The molecule has 0 spiro atoms. The SMILES string of the molecule is CCOC(=O)N1CC[C@@H](NCc2nc3ccccc3n2C(C)C)C1. The molecule has 6 heteroatoms. The molecular weight excluding hydrogens is 304 g/mol. The monoisotopic (exact) mass is 330 g/mol. The minimum Gasteiger partial charge on any atom is -0.450 e. The van der Waals surface area contributed by atoms with Gasteiger partial charge in [-0.15, -0.1) is 0 Å². The molecule has 0 unspecified atom stereocenters. The first-order chi connectivity index (χ1) is 11.6. The fraction of sp³-hybridized carbons (Fsp3) is 0.556. The van der Waals surface area contributed by atoms with E-state index in [1.54, 1.807) is 4.90 Å². The van der Waals surface area contributed by atoms with Crippen LogP contribution < -0.4 is 5.32 Å². The number of amides is 1. The largest absolute Gasteiger partial charge is 0.450 e. The van der Waals surface area contributed by atoms with Gasteiger partial charge in [0.05, 0.1) is 24.2 Å². The molecule has 6 nitrogen and oxygen atoms in total. The highest BCUT2D eigenvalue weighted by atomic mass is 16.6. The predicted molar refractivity (Wildman–Crippen MR) is 94.0 cm³/mol. The highest BCUT2D eigenvalue weighted by Gasteiger charge is 2.27. The van der Waals surface area contributed by atoms with Crippen LogP contribution >= 0.6 is 0 Å². The fourth-order valence-corrected chi connectivity index (χ4v) is 3.34. The zero-order chi connectivity index (χ0) is 17.1. The normalized spacial score (nSPS) is 17.8. The zero-order valence-electron chi connectivity index (χ0n) is 14.7. The number of rotatable bonds is 5. The van der Waals surface area contributed by atoms with Crippen molar-refractivity contribution in [2.45, 2.75) is 45.8 Å². The van der Waals surface area contributed by atoms with E-state index in [1.807, 2.05) is 19.1 Å². The van der Waals surface area contributed by atoms with E-state index >= 15 is 0 Å². The molecule has 0 bridgehead atoms. The molecule has 1 N–H and O–H groups in total. The summed E-state index contributed by atoms with van der Waals surface area (Å²) < 4.78 is 7.35. The molecule has 2 heterocycles. The van der Waals surface area contributed by atoms with Crippen LogP contribution in [0.4, 0.5) is 4.79 Å². The highest BCUT2D eigenvalue weighted by molar-refractivity contribution is 5.76. The summed E-state index contributed by atoms with van der Waals surface area (Å²) in [5, 5.41) is 3.55. The van der Waals surface area contributed by atoms with Crippen LogP contribution in [-0.4, -0.2) is 46.3 Å². The quantitative estimate of drug-likeness (QED) is 0.916. The van der Waals surface area contributed by atoms with E-state index in [0.717, 1.165) is 24.3 Å². The summed E-state index contributed by atoms with van der Waals surface area (Å²) in [5.74, 6) is 1.04. The maximum Gasteiger partial charge on any atom is 0.409 e. The molecule has 1 saturated heterocycles. The first kappa shape index (κ1) is 16.8. The number of hydrogen-bond acceptors (Lipinski definition) is 4. The van der Waals surface area contributed by atoms with E-state index in [4.69, 9.17) is 9.72 Å². The van der Waals surface area contributed by atoms with E-state index in [0.29, 0.717) is 25.7 Å². The number of imidazole rings is 1. The Morgan fingerprint density at radius 1 is 1.42 bits per heavy atom. The van der Waals surface area contributed by atoms with Crippen molar-refractivity contribution in [1.82, 2.24) is 19.8 Å². The molecule has 1 amide bonds. The van der Waals surface area contributed by atoms with Gasteiger partial charge in [0.25, 0.3) is 0 Å². The minimum absolute atomic E-state index is 0.212. The molecule has 1 atom stereocenters. The van der Waals surface area contributed by atoms with Crippen LogP contribution in [-0.2, 0) is 11.3 Å². The van der Waals surface area contributed by atoms with Crippen molar-refractivity contribution in [2.24, 2.45) is 0 Å². The average Bonchev–Trinajstić information content (AvgIpc) is 3.17. The van der Waals surface area contributed by atoms with E-state index < -0.39 is 0 Å². The first-order valence-electron chi connectivity index (χ1n) is 8.71. The molecule has 1 aliphatic heterocycles. The Balaban J connectivity index is 1.66. The van der Waals surface area contributed by atoms with E-state index in [-0.39, 0.29) is 12.1 Å². The molecule has 1 aliphatic rings. The predicted octanol–water partition coefficient (Wildman–Crippen LogP) is 2.94. The first-order valence-corrected chi connectivity index (χ1v) is 8.71. The molecule has 0 aliphatic carbocycles. The van der Waals surface area contributed by atoms with Crippen molar-refractivity contribution >= 4 is 17.1 Å². The number of fused-ring (bicyclic) bond motifs is 1. The summed E-state index contributed by atoms with van der Waals surface area (Å²) in [6.07, 6.45) is 0.733. The number of hydrogen-bond donors (Lipinski definition) is 1. The molecule has 1 fully saturated rings. The molecular formula is C18H26N4O2. The van der Waals surface area contributed by atoms with Crippen molar-refractivity contribution in [3.63, 3.8) is 0 Å². The van der Waals surface area contributed by atoms with E-state index in [2.05, 4.69) is 35.9 Å². The van der Waals surface area contributed by atoms with Crippen molar-refractivity contribution in [2.75, 3.05) is 19.7 Å². The molecule has 1 aromatic heterocycles. The van der Waals surface area contributed by atoms with Crippen LogP contribution in [0.1, 0.15) is 39.1 Å². The molecule has 130 valence electrons. The van der Waals surface area contributed by atoms with E-state index in [9.17, 15) is 4.79 Å². The van der Waals surface area contributed by atoms with Crippen LogP contribution in [0.3, 0.4) is 0 Å². The Bertz CT molecular complexity index is 710. The molecule has 24 heavy (non-hydrogen) atoms. The topological polar surface area (TPSA) is 59.4 Å². The number of ether oxygens (including phenoxy) is 1. The molecule has 0 saturated carbocycles. The lowest BCUT2D eigenvalue weighted by molar-refractivity contribution is 0.115. The number of likely N-dealkylation sites (tertiary alicyclic amines) is 1. The van der Waals surface area contributed by atoms with Gasteiger partial charge in [0.1, 0.15) is 5.82 Å². The van der Waals surface area contributed by atoms with Gasteiger partial charge < -0.3 is 19.5 Å². The lowest BCUT2D eigenvalue weighted by atomic mass is 10.2. The Kier molecular flexibility index (Phi) is 5.04. The Hall–Kier alpha value is -2.08. The van der Waals surface area contributed by atoms with Crippen LogP contribution in [0.2, 0.25) is 0 Å². The van der Waals surface area contributed by atoms with Gasteiger partial charge in [-0.3, -0.25) is 0 Å². The van der Waals surface area contributed by atoms with Crippen LogP contribution in [0, 0.1) is 0 Å². The zero-order valence-corrected chi connectivity index (χ0v) is 14.7. The fourth-order valence-electron chi connectivity index (χ4n) is 3.34. The lowest BCUT2D eigenvalue weighted by Crippen LogP contribution is -2.35. The summed E-state index contributed by atoms with van der Waals surface area (Å²) in [6, 6.07) is 8.88. The summed E-state index contributed by atoms with van der Waals surface area (Å²) >= 11 is 0. The van der Waals surface area contributed by atoms with Gasteiger partial charge in [-0.1, -0.05) is 12.1 Å². The van der Waals surface area contributed by atoms with Gasteiger partial charge in [0.15, 0.2) is 0 Å². The van der Waals surface area contributed by atoms with Crippen LogP contribution in [0.15, 0.2) is 24.3 Å². The Labute approximate surface area is 142 Å². The van der Waals surface area contributed by atoms with Crippen LogP contribution in [0.25, 0.3) is 11.0 Å². The second-order valence-electron chi connectivity index (χ2n) is 6.49. The Morgan fingerprint density at radius 3 is 2.96 bits per heavy atom. The number of carbonyl (C=O) groups excluding carboxylic acids is 1. The smallest absolute Gasteiger partial charge is 0.409 e. The standard InChI is InChI=1S/C18H26N4O2/c1-4-24-18(23)21-10-9-14(12-21)19-11-17-20-15-7-5-6-8-16(15)22(17)13(2)3/h5-8,13-14,19H,4,9-12H2,1-3H3/t14-/m1/s1. The summed E-state index contributed by atoms with van der Waals surface area (Å²) in [7, 11) is 0. The summed E-state index contributed by atoms with van der Waals surface area (Å²) in [4.78, 5) is 18.3. The van der Waals surface area contributed by atoms with Crippen molar-refractivity contribution < 1.29 is 9.53 Å². The van der Waals surface area contributed by atoms with Gasteiger partial charge in [0, 0.05) is 25.2 Å². The minimum atomic E-state index is -0.212. The number of nitrogens with zero attached hydrogens (tertiary/aromatic N) is 3. The summed E-state index contributed by atoms with van der Waals surface area (Å²) in [5.41, 5.74) is 2.20. The van der Waals surface area contributed by atoms with Gasteiger partial charge in [-0.2, -0.15) is 0 Å². The van der Waals surface area contributed by atoms with Crippen molar-refractivity contribution in [3.8, 4) is 0 Å². The Morgan fingerprint density at radius 2 is 2.21 bits per heavy atom. The van der Waals surface area contributed by atoms with E-state index in [1.165, 1.54) is 5.52 Å².